The van der Waals surface area contributed by atoms with Crippen molar-refractivity contribution in [2.45, 2.75) is 54.4 Å². The van der Waals surface area contributed by atoms with Gasteiger partial charge < -0.3 is 4.74 Å². The molecule has 0 bridgehead atoms. The maximum atomic E-state index is 13.3. The Bertz CT molecular complexity index is 1150. The highest BCUT2D eigenvalue weighted by Crippen LogP contribution is 2.43. The molecular formula is C20H22F3NO5S2. The number of rotatable bonds is 5. The van der Waals surface area contributed by atoms with Gasteiger partial charge in [0.1, 0.15) is 16.8 Å². The van der Waals surface area contributed by atoms with Crippen LogP contribution in [0.1, 0.15) is 48.3 Å². The highest BCUT2D eigenvalue weighted by molar-refractivity contribution is 7.92. The zero-order chi connectivity index (χ0) is 23.0. The number of ether oxygens (including phenoxy) is 1. The Morgan fingerprint density at radius 1 is 1.26 bits per heavy atom. The molecule has 1 aromatic carbocycles. The molecule has 0 saturated carbocycles. The first kappa shape index (κ1) is 23.7. The Morgan fingerprint density at radius 3 is 2.58 bits per heavy atom. The van der Waals surface area contributed by atoms with Crippen LogP contribution in [0.4, 0.5) is 13.2 Å². The molecule has 1 aromatic heterocycles. The number of nitrogens with zero attached hydrogens (tertiary/aromatic N) is 1. The first-order valence-electron chi connectivity index (χ1n) is 9.44. The fraction of sp³-hybridized carbons (Fsp3) is 0.450. The lowest BCUT2D eigenvalue weighted by Crippen LogP contribution is -2.42. The molecule has 1 aliphatic heterocycles. The summed E-state index contributed by atoms with van der Waals surface area (Å²) in [5.41, 5.74) is 0.619. The summed E-state index contributed by atoms with van der Waals surface area (Å²) in [6.45, 7) is 3.32. The van der Waals surface area contributed by atoms with Gasteiger partial charge in [0.2, 0.25) is 0 Å². The zero-order valence-corrected chi connectivity index (χ0v) is 18.6. The van der Waals surface area contributed by atoms with Gasteiger partial charge in [-0.15, -0.1) is 0 Å². The maximum absolute atomic E-state index is 13.3. The second-order valence-corrected chi connectivity index (χ2v) is 11.3. The van der Waals surface area contributed by atoms with Crippen LogP contribution in [0, 0.1) is 6.92 Å². The van der Waals surface area contributed by atoms with Gasteiger partial charge in [0.25, 0.3) is 0 Å². The van der Waals surface area contributed by atoms with E-state index in [0.29, 0.717) is 22.9 Å². The Labute approximate surface area is 180 Å². The van der Waals surface area contributed by atoms with E-state index in [9.17, 15) is 30.0 Å². The summed E-state index contributed by atoms with van der Waals surface area (Å²) in [6, 6.07) is 5.40. The highest BCUT2D eigenvalue weighted by atomic mass is 32.2. The monoisotopic (exact) mass is 477 g/mol. The summed E-state index contributed by atoms with van der Waals surface area (Å²) in [4.78, 5) is 3.90. The van der Waals surface area contributed by atoms with Gasteiger partial charge in [-0.2, -0.15) is 13.2 Å². The number of sulfone groups is 1. The van der Waals surface area contributed by atoms with E-state index in [4.69, 9.17) is 4.74 Å². The van der Waals surface area contributed by atoms with Gasteiger partial charge in [0.15, 0.2) is 9.84 Å². The molecule has 170 valence electrons. The van der Waals surface area contributed by atoms with Crippen LogP contribution in [0.5, 0.6) is 0 Å². The van der Waals surface area contributed by atoms with Crippen molar-refractivity contribution in [3.8, 4) is 0 Å². The molecule has 1 saturated heterocycles. The van der Waals surface area contributed by atoms with Gasteiger partial charge in [0.05, 0.1) is 26.7 Å². The van der Waals surface area contributed by atoms with E-state index in [0.717, 1.165) is 12.1 Å². The fourth-order valence-corrected chi connectivity index (χ4v) is 6.03. The van der Waals surface area contributed by atoms with Crippen molar-refractivity contribution in [3.05, 3.63) is 58.9 Å². The van der Waals surface area contributed by atoms with E-state index in [-0.39, 0.29) is 30.1 Å². The molecule has 1 fully saturated rings. The van der Waals surface area contributed by atoms with Crippen LogP contribution in [-0.4, -0.2) is 33.2 Å². The van der Waals surface area contributed by atoms with Crippen molar-refractivity contribution in [1.29, 1.82) is 0 Å². The van der Waals surface area contributed by atoms with Crippen LogP contribution in [0.2, 0.25) is 0 Å². The second-order valence-electron chi connectivity index (χ2n) is 7.83. The van der Waals surface area contributed by atoms with E-state index in [2.05, 4.69) is 4.98 Å². The van der Waals surface area contributed by atoms with Gasteiger partial charge in [-0.1, -0.05) is 12.1 Å². The lowest BCUT2D eigenvalue weighted by molar-refractivity contribution is -0.137. The Morgan fingerprint density at radius 2 is 1.97 bits per heavy atom. The molecule has 6 nitrogen and oxygen atoms in total. The van der Waals surface area contributed by atoms with Gasteiger partial charge in [-0.05, 0) is 56.0 Å². The van der Waals surface area contributed by atoms with E-state index >= 15 is 0 Å². The number of hydrogen-bond acceptors (Lipinski definition) is 6. The molecule has 0 radical (unpaired) electrons. The average Bonchev–Trinajstić information content (AvgIpc) is 2.67. The third kappa shape index (κ3) is 4.93. The summed E-state index contributed by atoms with van der Waals surface area (Å²) in [5.74, 6) is -0.156. The summed E-state index contributed by atoms with van der Waals surface area (Å²) in [5, 5.41) is 0. The van der Waals surface area contributed by atoms with Crippen molar-refractivity contribution < 1.29 is 34.7 Å². The molecule has 0 spiro atoms. The fourth-order valence-electron chi connectivity index (χ4n) is 3.73. The summed E-state index contributed by atoms with van der Waals surface area (Å²) in [6.07, 6.45) is -3.80. The van der Waals surface area contributed by atoms with Crippen LogP contribution in [0.3, 0.4) is 0 Å². The minimum atomic E-state index is -4.65. The molecule has 0 amide bonds. The van der Waals surface area contributed by atoms with E-state index in [1.807, 2.05) is 0 Å². The molecule has 11 heteroatoms. The lowest BCUT2D eigenvalue weighted by Gasteiger charge is -2.38. The third-order valence-corrected chi connectivity index (χ3v) is 8.65. The van der Waals surface area contributed by atoms with Crippen LogP contribution in [0.15, 0.2) is 41.4 Å². The number of aromatic nitrogens is 1. The average molecular weight is 478 g/mol. The third-order valence-electron chi connectivity index (χ3n) is 5.48. The molecule has 2 aromatic rings. The lowest BCUT2D eigenvalue weighted by atomic mass is 9.93. The molecule has 3 rings (SSSR count). The Balaban J connectivity index is 1.93. The highest BCUT2D eigenvalue weighted by Gasteiger charge is 2.46. The summed E-state index contributed by atoms with van der Waals surface area (Å²) >= 11 is 0. The first-order valence-corrected chi connectivity index (χ1v) is 12.3. The zero-order valence-electron chi connectivity index (χ0n) is 16.8. The number of pyridine rings is 1. The Kier molecular flexibility index (Phi) is 6.50. The molecule has 31 heavy (non-hydrogen) atoms. The van der Waals surface area contributed by atoms with Crippen molar-refractivity contribution in [1.82, 2.24) is 4.98 Å². The van der Waals surface area contributed by atoms with Gasteiger partial charge >= 0.3 is 6.18 Å². The van der Waals surface area contributed by atoms with Gasteiger partial charge in [-0.25, -0.2) is 16.8 Å². The smallest absolute Gasteiger partial charge is 0.372 e. The normalized spacial score (nSPS) is 22.6. The number of hydrogen-bond donors (Lipinski definition) is 1. The molecule has 0 aliphatic carbocycles. The number of aryl methyl sites for hydroxylation is 1. The van der Waals surface area contributed by atoms with Crippen LogP contribution in [-0.2, 0) is 37.2 Å². The standard InChI is InChI=1S/C20H22F3NO5S2/c1-13-8-14(12-30(25)26)11-24-18(13)17-10-19(2,6-7-29-17)31(27,28)16-5-3-4-15(9-16)20(21,22)23/h3-5,8-9,11,17,30H,6-7,10,12H2,1-2H3. The first-order chi connectivity index (χ1) is 14.3. The Hall–Kier alpha value is -1.98. The molecule has 2 heterocycles. The van der Waals surface area contributed by atoms with Gasteiger partial charge in [-0.3, -0.25) is 4.98 Å². The molecule has 1 aliphatic rings. The quantitative estimate of drug-likeness (QED) is 0.662. The summed E-state index contributed by atoms with van der Waals surface area (Å²) < 4.78 is 92.1. The molecule has 2 atom stereocenters. The SMILES string of the molecule is Cc1cc(C[SH](=O)=O)cnc1C1CC(C)(S(=O)(=O)c2cccc(C(F)(F)F)c2)CCO1. The largest absolute Gasteiger partial charge is 0.416 e. The number of benzene rings is 1. The minimum absolute atomic E-state index is 0.00852. The van der Waals surface area contributed by atoms with Crippen molar-refractivity contribution >= 4 is 20.5 Å². The number of alkyl halides is 3. The minimum Gasteiger partial charge on any atom is -0.372 e. The van der Waals surface area contributed by atoms with E-state index in [1.165, 1.54) is 19.2 Å². The van der Waals surface area contributed by atoms with E-state index < -0.39 is 43.1 Å². The number of thiol groups is 1. The molecule has 0 N–H and O–H groups in total. The van der Waals surface area contributed by atoms with Crippen LogP contribution < -0.4 is 0 Å². The van der Waals surface area contributed by atoms with Crippen molar-refractivity contribution in [2.75, 3.05) is 6.61 Å². The van der Waals surface area contributed by atoms with Crippen molar-refractivity contribution in [3.63, 3.8) is 0 Å². The molecular weight excluding hydrogens is 455 g/mol. The topological polar surface area (TPSA) is 90.4 Å². The van der Waals surface area contributed by atoms with Crippen molar-refractivity contribution in [2.24, 2.45) is 0 Å². The predicted molar refractivity (Wildman–Crippen MR) is 108 cm³/mol. The van der Waals surface area contributed by atoms with E-state index in [1.54, 1.807) is 13.0 Å². The summed E-state index contributed by atoms with van der Waals surface area (Å²) in [7, 11) is -6.72. The predicted octanol–water partition coefficient (Wildman–Crippen LogP) is 3.60. The van der Waals surface area contributed by atoms with Crippen LogP contribution >= 0.6 is 0 Å². The second kappa shape index (κ2) is 8.51. The maximum Gasteiger partial charge on any atom is 0.416 e. The van der Waals surface area contributed by atoms with Gasteiger partial charge in [0, 0.05) is 12.8 Å². The molecule has 2 unspecified atom stereocenters. The number of halogens is 3. The van der Waals surface area contributed by atoms with Crippen LogP contribution in [0.25, 0.3) is 0 Å².